The fourth-order valence-corrected chi connectivity index (χ4v) is 1.44. The third kappa shape index (κ3) is 2.73. The summed E-state index contributed by atoms with van der Waals surface area (Å²) in [4.78, 5) is 11.3. The molecular formula is C6H7BO5S. The van der Waals surface area contributed by atoms with Crippen LogP contribution in [0.4, 0.5) is 0 Å². The van der Waals surface area contributed by atoms with Crippen LogP contribution in [0.25, 0.3) is 0 Å². The predicted molar refractivity (Wildman–Crippen MR) is 46.5 cm³/mol. The van der Waals surface area contributed by atoms with E-state index in [1.807, 2.05) is 0 Å². The maximum absolute atomic E-state index is 10.9. The maximum atomic E-state index is 10.9. The fraction of sp³-hybridized carbons (Fsp3) is 0.167. The van der Waals surface area contributed by atoms with Crippen LogP contribution < -0.4 is 4.65 Å². The van der Waals surface area contributed by atoms with Crippen LogP contribution in [0.5, 0.6) is 5.75 Å². The molecule has 1 aromatic rings. The lowest BCUT2D eigenvalue weighted by molar-refractivity contribution is 0.0606. The van der Waals surface area contributed by atoms with E-state index in [-0.39, 0.29) is 5.75 Å². The number of carbonyl (C=O) groups is 1. The Morgan fingerprint density at radius 1 is 1.62 bits per heavy atom. The van der Waals surface area contributed by atoms with Crippen LogP contribution in [0.3, 0.4) is 0 Å². The van der Waals surface area contributed by atoms with E-state index >= 15 is 0 Å². The Labute approximate surface area is 78.7 Å². The van der Waals surface area contributed by atoms with Crippen molar-refractivity contribution in [3.63, 3.8) is 0 Å². The Bertz CT molecular complexity index is 297. The third-order valence-corrected chi connectivity index (χ3v) is 2.09. The van der Waals surface area contributed by atoms with Crippen LogP contribution in [0.15, 0.2) is 11.4 Å². The Hall–Kier alpha value is -1.05. The highest BCUT2D eigenvalue weighted by Crippen LogP contribution is 2.22. The van der Waals surface area contributed by atoms with Crippen LogP contribution in [0, 0.1) is 0 Å². The Balaban J connectivity index is 2.69. The van der Waals surface area contributed by atoms with Crippen molar-refractivity contribution in [1.29, 1.82) is 0 Å². The van der Waals surface area contributed by atoms with Crippen molar-refractivity contribution < 1.29 is 24.2 Å². The second-order valence-corrected chi connectivity index (χ2v) is 2.99. The summed E-state index contributed by atoms with van der Waals surface area (Å²) in [6.07, 6.45) is 0. The van der Waals surface area contributed by atoms with E-state index in [4.69, 9.17) is 10.0 Å². The molecule has 13 heavy (non-hydrogen) atoms. The lowest BCUT2D eigenvalue weighted by atomic mass is 10.2. The lowest BCUT2D eigenvalue weighted by Crippen LogP contribution is -2.20. The first-order valence-electron chi connectivity index (χ1n) is 3.33. The minimum Gasteiger partial charge on any atom is -0.511 e. The van der Waals surface area contributed by atoms with E-state index in [9.17, 15) is 4.79 Å². The number of ether oxygens (including phenoxy) is 1. The zero-order chi connectivity index (χ0) is 9.84. The van der Waals surface area contributed by atoms with Gasteiger partial charge >= 0.3 is 13.3 Å². The minimum atomic E-state index is -1.87. The molecule has 1 heterocycles. The van der Waals surface area contributed by atoms with Gasteiger partial charge in [-0.25, -0.2) is 4.79 Å². The molecule has 0 atom stereocenters. The van der Waals surface area contributed by atoms with Crippen molar-refractivity contribution in [2.24, 2.45) is 0 Å². The molecule has 0 fully saturated rings. The molecule has 0 bridgehead atoms. The van der Waals surface area contributed by atoms with Crippen LogP contribution in [0.1, 0.15) is 9.67 Å². The van der Waals surface area contributed by atoms with E-state index in [0.29, 0.717) is 4.88 Å². The molecule has 0 unspecified atom stereocenters. The molecule has 0 saturated heterocycles. The molecule has 1 rings (SSSR count). The van der Waals surface area contributed by atoms with E-state index in [1.165, 1.54) is 18.6 Å². The molecule has 0 amide bonds. The Kier molecular flexibility index (Phi) is 3.29. The van der Waals surface area contributed by atoms with Crippen molar-refractivity contribution in [1.82, 2.24) is 0 Å². The first kappa shape index (κ1) is 10.0. The monoisotopic (exact) mass is 202 g/mol. The van der Waals surface area contributed by atoms with E-state index in [1.54, 1.807) is 0 Å². The molecule has 0 aliphatic carbocycles. The number of rotatable bonds is 3. The maximum Gasteiger partial charge on any atom is 0.707 e. The summed E-state index contributed by atoms with van der Waals surface area (Å²) in [5.41, 5.74) is 0. The fourth-order valence-electron chi connectivity index (χ4n) is 0.710. The summed E-state index contributed by atoms with van der Waals surface area (Å²) >= 11 is 1.10. The minimum absolute atomic E-state index is 0.223. The van der Waals surface area contributed by atoms with Gasteiger partial charge in [-0.3, -0.25) is 0 Å². The highest BCUT2D eigenvalue weighted by molar-refractivity contribution is 7.12. The van der Waals surface area contributed by atoms with Gasteiger partial charge in [0.05, 0.1) is 7.11 Å². The first-order valence-corrected chi connectivity index (χ1v) is 4.21. The van der Waals surface area contributed by atoms with Crippen LogP contribution in [-0.4, -0.2) is 30.4 Å². The third-order valence-electron chi connectivity index (χ3n) is 1.20. The normalized spacial score (nSPS) is 9.46. The van der Waals surface area contributed by atoms with Gasteiger partial charge in [0, 0.05) is 11.4 Å². The highest BCUT2D eigenvalue weighted by atomic mass is 32.1. The van der Waals surface area contributed by atoms with Gasteiger partial charge in [-0.1, -0.05) is 0 Å². The summed E-state index contributed by atoms with van der Waals surface area (Å²) in [5, 5.41) is 18.3. The number of carbonyl (C=O) groups excluding carboxylic acids is 1. The summed E-state index contributed by atoms with van der Waals surface area (Å²) in [6.45, 7) is 0. The molecule has 0 saturated carbocycles. The SMILES string of the molecule is COC(=O)c1cc(OB(O)O)cs1. The molecule has 7 heteroatoms. The van der Waals surface area contributed by atoms with Gasteiger partial charge in [0.1, 0.15) is 10.6 Å². The van der Waals surface area contributed by atoms with Crippen molar-refractivity contribution in [2.75, 3.05) is 7.11 Å². The van der Waals surface area contributed by atoms with E-state index < -0.39 is 13.3 Å². The van der Waals surface area contributed by atoms with Crippen LogP contribution in [-0.2, 0) is 4.74 Å². The quantitative estimate of drug-likeness (QED) is 0.527. The number of thiophene rings is 1. The second kappa shape index (κ2) is 4.26. The Morgan fingerprint density at radius 2 is 2.31 bits per heavy atom. The van der Waals surface area contributed by atoms with Gasteiger partial charge in [0.15, 0.2) is 0 Å². The highest BCUT2D eigenvalue weighted by Gasteiger charge is 2.15. The van der Waals surface area contributed by atoms with E-state index in [2.05, 4.69) is 9.39 Å². The molecule has 2 N–H and O–H groups in total. The molecule has 1 aromatic heterocycles. The zero-order valence-electron chi connectivity index (χ0n) is 6.76. The molecule has 0 aliphatic heterocycles. The van der Waals surface area contributed by atoms with Gasteiger partial charge in [-0.2, -0.15) is 0 Å². The number of methoxy groups -OCH3 is 1. The topological polar surface area (TPSA) is 76.0 Å². The standard InChI is InChI=1S/C6H7BO5S/c1-11-6(8)5-2-4(3-13-5)12-7(9)10/h2-3,9-10H,1H3. The van der Waals surface area contributed by atoms with Gasteiger partial charge in [0.25, 0.3) is 0 Å². The van der Waals surface area contributed by atoms with Gasteiger partial charge in [-0.15, -0.1) is 11.3 Å². The smallest absolute Gasteiger partial charge is 0.511 e. The molecule has 0 spiro atoms. The zero-order valence-corrected chi connectivity index (χ0v) is 7.58. The van der Waals surface area contributed by atoms with Crippen molar-refractivity contribution >= 4 is 24.6 Å². The van der Waals surface area contributed by atoms with Crippen LogP contribution in [0.2, 0.25) is 0 Å². The van der Waals surface area contributed by atoms with E-state index in [0.717, 1.165) is 11.3 Å². The summed E-state index contributed by atoms with van der Waals surface area (Å²) in [6, 6.07) is 1.37. The van der Waals surface area contributed by atoms with Crippen LogP contribution >= 0.6 is 11.3 Å². The molecule has 0 aromatic carbocycles. The molecule has 70 valence electrons. The van der Waals surface area contributed by atoms with Crippen molar-refractivity contribution in [3.8, 4) is 5.75 Å². The Morgan fingerprint density at radius 3 is 2.85 bits per heavy atom. The molecular weight excluding hydrogens is 195 g/mol. The van der Waals surface area contributed by atoms with Gasteiger partial charge in [-0.05, 0) is 0 Å². The number of hydrogen-bond acceptors (Lipinski definition) is 6. The number of esters is 1. The summed E-state index contributed by atoms with van der Waals surface area (Å²) in [7, 11) is -0.608. The van der Waals surface area contributed by atoms with Gasteiger partial charge < -0.3 is 19.4 Å². The summed E-state index contributed by atoms with van der Waals surface area (Å²) in [5.74, 6) is -0.257. The molecule has 0 aliphatic rings. The average Bonchev–Trinajstić information content (AvgIpc) is 2.50. The predicted octanol–water partition coefficient (Wildman–Crippen LogP) is -0.117. The van der Waals surface area contributed by atoms with Crippen molar-refractivity contribution in [3.05, 3.63) is 16.3 Å². The average molecular weight is 202 g/mol. The second-order valence-electron chi connectivity index (χ2n) is 2.08. The largest absolute Gasteiger partial charge is 0.707 e. The molecule has 0 radical (unpaired) electrons. The summed E-state index contributed by atoms with van der Waals surface area (Å²) < 4.78 is 8.95. The van der Waals surface area contributed by atoms with Gasteiger partial charge in [0.2, 0.25) is 0 Å². The van der Waals surface area contributed by atoms with Crippen molar-refractivity contribution in [2.45, 2.75) is 0 Å². The first-order chi connectivity index (χ1) is 6.13. The number of hydrogen-bond donors (Lipinski definition) is 2. The molecule has 5 nitrogen and oxygen atoms in total. The lowest BCUT2D eigenvalue weighted by Gasteiger charge is -1.98.